The molecule has 0 amide bonds. The lowest BCUT2D eigenvalue weighted by Crippen LogP contribution is -2.25. The van der Waals surface area contributed by atoms with Crippen LogP contribution in [0.3, 0.4) is 0 Å². The molecule has 5 rings (SSSR count). The van der Waals surface area contributed by atoms with Crippen molar-refractivity contribution in [1.82, 2.24) is 5.32 Å². The van der Waals surface area contributed by atoms with Gasteiger partial charge in [-0.3, -0.25) is 0 Å². The highest BCUT2D eigenvalue weighted by Crippen LogP contribution is 2.53. The highest BCUT2D eigenvalue weighted by atomic mass is 16.7. The van der Waals surface area contributed by atoms with Crippen LogP contribution in [0.25, 0.3) is 0 Å². The van der Waals surface area contributed by atoms with Crippen LogP contribution >= 0.6 is 0 Å². The predicted octanol–water partition coefficient (Wildman–Crippen LogP) is 2.58. The molecule has 0 bridgehead atoms. The number of nitrogens with one attached hydrogen (secondary N) is 1. The van der Waals surface area contributed by atoms with Crippen molar-refractivity contribution in [2.45, 2.75) is 18.4 Å². The smallest absolute Gasteiger partial charge is 0.343 e. The number of ether oxygens (including phenoxy) is 6. The van der Waals surface area contributed by atoms with Crippen molar-refractivity contribution in [1.29, 1.82) is 0 Å². The topological polar surface area (TPSA) is 84.5 Å². The van der Waals surface area contributed by atoms with Crippen LogP contribution < -0.4 is 29.0 Å². The number of carbonyl (C=O) groups excluding carboxylic acids is 1. The molecular formula is C22H23NO7. The molecule has 2 aromatic carbocycles. The van der Waals surface area contributed by atoms with Gasteiger partial charge in [-0.15, -0.1) is 0 Å². The lowest BCUT2D eigenvalue weighted by Gasteiger charge is -2.26. The van der Waals surface area contributed by atoms with E-state index < -0.39 is 12.1 Å². The second-order valence-corrected chi connectivity index (χ2v) is 7.37. The van der Waals surface area contributed by atoms with Gasteiger partial charge in [-0.25, -0.2) is 4.79 Å². The third-order valence-electron chi connectivity index (χ3n) is 5.94. The molecule has 8 heteroatoms. The zero-order valence-corrected chi connectivity index (χ0v) is 17.1. The Bertz CT molecular complexity index is 1020. The summed E-state index contributed by atoms with van der Waals surface area (Å²) in [5, 5.41) is 3.46. The molecule has 30 heavy (non-hydrogen) atoms. The van der Waals surface area contributed by atoms with Gasteiger partial charge in [-0.2, -0.15) is 0 Å². The average Bonchev–Trinajstić information content (AvgIpc) is 3.30. The van der Waals surface area contributed by atoms with Crippen molar-refractivity contribution in [3.63, 3.8) is 0 Å². The zero-order chi connectivity index (χ0) is 20.8. The Morgan fingerprint density at radius 2 is 1.90 bits per heavy atom. The molecule has 2 atom stereocenters. The molecule has 2 aromatic rings. The van der Waals surface area contributed by atoms with Crippen molar-refractivity contribution < 1.29 is 33.2 Å². The quantitative estimate of drug-likeness (QED) is 0.766. The van der Waals surface area contributed by atoms with Crippen LogP contribution in [0.5, 0.6) is 28.7 Å². The second-order valence-electron chi connectivity index (χ2n) is 7.37. The SMILES string of the molecule is COc1ccc2c(c1OC)C(=O)O[C@@H]2[C@@H]1CNCCc2cc3c(c(OC)c21)OCO3. The Labute approximate surface area is 174 Å². The van der Waals surface area contributed by atoms with Crippen LogP contribution in [0.1, 0.15) is 39.1 Å². The molecule has 3 aliphatic rings. The van der Waals surface area contributed by atoms with Crippen molar-refractivity contribution in [3.05, 3.63) is 40.5 Å². The van der Waals surface area contributed by atoms with Crippen LogP contribution in [0.2, 0.25) is 0 Å². The van der Waals surface area contributed by atoms with E-state index in [1.165, 1.54) is 7.11 Å². The number of methoxy groups -OCH3 is 3. The normalized spacial score (nSPS) is 21.4. The summed E-state index contributed by atoms with van der Waals surface area (Å²) in [5.74, 6) is 2.21. The van der Waals surface area contributed by atoms with Gasteiger partial charge in [0.05, 0.1) is 21.3 Å². The largest absolute Gasteiger partial charge is 0.493 e. The number of benzene rings is 2. The summed E-state index contributed by atoms with van der Waals surface area (Å²) >= 11 is 0. The number of esters is 1. The minimum atomic E-state index is -0.495. The minimum Gasteiger partial charge on any atom is -0.493 e. The van der Waals surface area contributed by atoms with Crippen molar-refractivity contribution in [2.75, 3.05) is 41.2 Å². The molecule has 0 spiro atoms. The van der Waals surface area contributed by atoms with E-state index in [1.54, 1.807) is 20.3 Å². The molecule has 0 saturated heterocycles. The third-order valence-corrected chi connectivity index (χ3v) is 5.94. The highest BCUT2D eigenvalue weighted by Gasteiger charge is 2.43. The first-order valence-electron chi connectivity index (χ1n) is 9.83. The van der Waals surface area contributed by atoms with E-state index in [-0.39, 0.29) is 12.7 Å². The number of carbonyl (C=O) groups is 1. The van der Waals surface area contributed by atoms with Crippen LogP contribution in [0.15, 0.2) is 18.2 Å². The van der Waals surface area contributed by atoms with E-state index in [1.807, 2.05) is 12.1 Å². The zero-order valence-electron chi connectivity index (χ0n) is 17.1. The van der Waals surface area contributed by atoms with Crippen LogP contribution in [0.4, 0.5) is 0 Å². The fourth-order valence-electron chi connectivity index (χ4n) is 4.66. The Kier molecular flexibility index (Phi) is 4.58. The molecule has 158 valence electrons. The molecule has 1 N–H and O–H groups in total. The van der Waals surface area contributed by atoms with E-state index in [9.17, 15) is 4.79 Å². The van der Waals surface area contributed by atoms with E-state index in [0.717, 1.165) is 29.7 Å². The van der Waals surface area contributed by atoms with Gasteiger partial charge in [0.25, 0.3) is 0 Å². The standard InChI is InChI=1S/C22H23NO7/c1-25-14-5-4-12-17(19(14)26-2)22(24)30-18(12)13-9-23-7-6-11-8-15-20(29-10-28-15)21(27-3)16(11)13/h4-5,8,13,18,23H,6-7,9-10H2,1-3H3/t13-,18+/m1/s1. The van der Waals surface area contributed by atoms with Crippen LogP contribution in [-0.2, 0) is 11.2 Å². The first kappa shape index (κ1) is 18.9. The van der Waals surface area contributed by atoms with Gasteiger partial charge >= 0.3 is 5.97 Å². The van der Waals surface area contributed by atoms with Gasteiger partial charge in [-0.1, -0.05) is 6.07 Å². The Balaban J connectivity index is 1.67. The van der Waals surface area contributed by atoms with E-state index in [2.05, 4.69) is 5.32 Å². The van der Waals surface area contributed by atoms with Crippen LogP contribution in [0, 0.1) is 0 Å². The van der Waals surface area contributed by atoms with E-state index >= 15 is 0 Å². The molecule has 0 saturated carbocycles. The van der Waals surface area contributed by atoms with Crippen molar-refractivity contribution >= 4 is 5.97 Å². The Morgan fingerprint density at radius 1 is 1.07 bits per heavy atom. The molecular weight excluding hydrogens is 390 g/mol. The second kappa shape index (κ2) is 7.28. The summed E-state index contributed by atoms with van der Waals surface area (Å²) in [6, 6.07) is 5.68. The fourth-order valence-corrected chi connectivity index (χ4v) is 4.66. The maximum atomic E-state index is 12.9. The first-order chi connectivity index (χ1) is 14.7. The van der Waals surface area contributed by atoms with Gasteiger partial charge in [0.15, 0.2) is 23.0 Å². The summed E-state index contributed by atoms with van der Waals surface area (Å²) in [5.41, 5.74) is 3.26. The lowest BCUT2D eigenvalue weighted by molar-refractivity contribution is 0.0321. The summed E-state index contributed by atoms with van der Waals surface area (Å²) in [6.45, 7) is 1.58. The van der Waals surface area contributed by atoms with E-state index in [0.29, 0.717) is 40.9 Å². The first-order valence-corrected chi connectivity index (χ1v) is 9.83. The van der Waals surface area contributed by atoms with Crippen molar-refractivity contribution in [2.24, 2.45) is 0 Å². The molecule has 0 radical (unpaired) electrons. The van der Waals surface area contributed by atoms with Gasteiger partial charge in [0, 0.05) is 23.6 Å². The molecule has 3 aliphatic heterocycles. The Morgan fingerprint density at radius 3 is 2.67 bits per heavy atom. The molecule has 0 fully saturated rings. The maximum absolute atomic E-state index is 12.9. The summed E-state index contributed by atoms with van der Waals surface area (Å²) < 4.78 is 33.8. The maximum Gasteiger partial charge on any atom is 0.343 e. The van der Waals surface area contributed by atoms with E-state index in [4.69, 9.17) is 28.4 Å². The van der Waals surface area contributed by atoms with Crippen molar-refractivity contribution in [3.8, 4) is 28.7 Å². The van der Waals surface area contributed by atoms with Gasteiger partial charge in [0.2, 0.25) is 12.5 Å². The molecule has 8 nitrogen and oxygen atoms in total. The third kappa shape index (κ3) is 2.67. The summed E-state index contributed by atoms with van der Waals surface area (Å²) in [6.07, 6.45) is 0.309. The lowest BCUT2D eigenvalue weighted by atomic mass is 9.84. The summed E-state index contributed by atoms with van der Waals surface area (Å²) in [4.78, 5) is 12.9. The minimum absolute atomic E-state index is 0.162. The fraction of sp³-hybridized carbons (Fsp3) is 0.409. The Hall–Kier alpha value is -3.13. The number of cyclic esters (lactones) is 1. The number of hydrogen-bond donors (Lipinski definition) is 1. The number of hydrogen-bond acceptors (Lipinski definition) is 8. The molecule has 0 aromatic heterocycles. The molecule has 0 unspecified atom stereocenters. The summed E-state index contributed by atoms with van der Waals surface area (Å²) in [7, 11) is 4.68. The number of rotatable bonds is 4. The molecule has 0 aliphatic carbocycles. The van der Waals surface area contributed by atoms with Crippen LogP contribution in [-0.4, -0.2) is 47.2 Å². The number of fused-ring (bicyclic) bond motifs is 3. The monoisotopic (exact) mass is 413 g/mol. The van der Waals surface area contributed by atoms with Gasteiger partial charge < -0.3 is 33.7 Å². The van der Waals surface area contributed by atoms with Gasteiger partial charge in [0.1, 0.15) is 11.7 Å². The molecule has 3 heterocycles. The highest BCUT2D eigenvalue weighted by molar-refractivity contribution is 5.98. The predicted molar refractivity (Wildman–Crippen MR) is 106 cm³/mol. The average molecular weight is 413 g/mol. The van der Waals surface area contributed by atoms with Gasteiger partial charge in [-0.05, 0) is 30.7 Å².